The summed E-state index contributed by atoms with van der Waals surface area (Å²) in [5.41, 5.74) is 1.43. The molecule has 5 aliphatic rings. The molecule has 0 N–H and O–H groups in total. The Morgan fingerprint density at radius 3 is 2.32 bits per heavy atom. The summed E-state index contributed by atoms with van der Waals surface area (Å²) in [6, 6.07) is 9.41. The Kier molecular flexibility index (Phi) is 4.17. The Hall–Kier alpha value is -2.83. The summed E-state index contributed by atoms with van der Waals surface area (Å²) in [6.07, 6.45) is 6.77. The average Bonchev–Trinajstić information content (AvgIpc) is 3.41. The fourth-order valence-corrected chi connectivity index (χ4v) is 6.65. The number of carbonyl (C=O) groups excluding carboxylic acids is 1. The van der Waals surface area contributed by atoms with Crippen molar-refractivity contribution in [1.29, 1.82) is 0 Å². The van der Waals surface area contributed by atoms with Gasteiger partial charge in [0.1, 0.15) is 11.4 Å². The van der Waals surface area contributed by atoms with E-state index >= 15 is 0 Å². The van der Waals surface area contributed by atoms with Crippen LogP contribution in [0.3, 0.4) is 0 Å². The van der Waals surface area contributed by atoms with E-state index < -0.39 is 6.23 Å². The van der Waals surface area contributed by atoms with Crippen LogP contribution in [-0.4, -0.2) is 29.1 Å². The minimum atomic E-state index is -0.670. The van der Waals surface area contributed by atoms with Gasteiger partial charge in [0.2, 0.25) is 18.0 Å². The predicted molar refractivity (Wildman–Crippen MR) is 113 cm³/mol. The molecule has 2 heterocycles. The second-order valence-corrected chi connectivity index (χ2v) is 9.78. The van der Waals surface area contributed by atoms with Gasteiger partial charge < -0.3 is 14.0 Å². The molecule has 4 fully saturated rings. The van der Waals surface area contributed by atoms with Crippen molar-refractivity contribution in [2.24, 2.45) is 28.3 Å². The number of ether oxygens (including phenoxy) is 2. The lowest BCUT2D eigenvalue weighted by atomic mass is 9.49. The fraction of sp³-hybridized carbons (Fsp3) is 0.542. The van der Waals surface area contributed by atoms with Crippen LogP contribution in [0.4, 0.5) is 0 Å². The number of benzene rings is 1. The van der Waals surface area contributed by atoms with Gasteiger partial charge in [0.05, 0.1) is 7.11 Å². The number of carbonyl (C=O) groups is 1. The van der Waals surface area contributed by atoms with Crippen LogP contribution in [0.25, 0.3) is 11.3 Å². The van der Waals surface area contributed by atoms with E-state index in [1.54, 1.807) is 7.11 Å². The molecule has 31 heavy (non-hydrogen) atoms. The zero-order chi connectivity index (χ0) is 21.2. The van der Waals surface area contributed by atoms with Crippen molar-refractivity contribution in [2.45, 2.75) is 51.7 Å². The minimum absolute atomic E-state index is 0.0141. The van der Waals surface area contributed by atoms with Crippen LogP contribution in [0, 0.1) is 23.2 Å². The molecule has 7 rings (SSSR count). The van der Waals surface area contributed by atoms with Gasteiger partial charge in [0.25, 0.3) is 0 Å². The molecule has 7 nitrogen and oxygen atoms in total. The quantitative estimate of drug-likeness (QED) is 0.711. The van der Waals surface area contributed by atoms with E-state index in [0.29, 0.717) is 11.5 Å². The third-order valence-corrected chi connectivity index (χ3v) is 7.61. The molecule has 162 valence electrons. The van der Waals surface area contributed by atoms with Crippen molar-refractivity contribution < 1.29 is 18.8 Å². The third-order valence-electron chi connectivity index (χ3n) is 7.61. The number of hydrogen-bond acceptors (Lipinski definition) is 6. The van der Waals surface area contributed by atoms with Crippen LogP contribution < -0.4 is 4.74 Å². The summed E-state index contributed by atoms with van der Waals surface area (Å²) in [5, 5.41) is 10.4. The fourth-order valence-electron chi connectivity index (χ4n) is 6.65. The highest BCUT2D eigenvalue weighted by Crippen LogP contribution is 2.61. The first-order valence-corrected chi connectivity index (χ1v) is 11.2. The van der Waals surface area contributed by atoms with E-state index in [2.05, 4.69) is 5.16 Å². The summed E-state index contributed by atoms with van der Waals surface area (Å²) >= 11 is 0. The monoisotopic (exact) mass is 421 g/mol. The van der Waals surface area contributed by atoms with Gasteiger partial charge in [-0.05, 0) is 80.5 Å². The van der Waals surface area contributed by atoms with Crippen LogP contribution in [0.2, 0.25) is 0 Å². The highest BCUT2D eigenvalue weighted by molar-refractivity contribution is 5.87. The second-order valence-electron chi connectivity index (χ2n) is 9.78. The summed E-state index contributed by atoms with van der Waals surface area (Å²) in [5.74, 6) is 4.30. The number of amides is 1. The molecule has 0 saturated heterocycles. The van der Waals surface area contributed by atoms with Gasteiger partial charge in [-0.3, -0.25) is 4.79 Å². The molecular weight excluding hydrogens is 394 g/mol. The lowest BCUT2D eigenvalue weighted by Crippen LogP contribution is -2.50. The van der Waals surface area contributed by atoms with Gasteiger partial charge in [-0.1, -0.05) is 5.16 Å². The number of hydrazone groups is 1. The maximum absolute atomic E-state index is 12.4. The van der Waals surface area contributed by atoms with E-state index in [1.165, 1.54) is 31.2 Å². The van der Waals surface area contributed by atoms with E-state index in [9.17, 15) is 4.79 Å². The van der Waals surface area contributed by atoms with Gasteiger partial charge in [0, 0.05) is 24.0 Å². The first-order valence-electron chi connectivity index (χ1n) is 11.2. The lowest BCUT2D eigenvalue weighted by Gasteiger charge is -2.55. The molecule has 0 spiro atoms. The van der Waals surface area contributed by atoms with Crippen LogP contribution in [0.1, 0.15) is 57.4 Å². The highest BCUT2D eigenvalue weighted by Gasteiger charge is 2.56. The van der Waals surface area contributed by atoms with E-state index in [1.807, 2.05) is 30.3 Å². The van der Waals surface area contributed by atoms with Crippen LogP contribution in [-0.2, 0) is 9.53 Å². The molecule has 0 radical (unpaired) electrons. The molecule has 7 heteroatoms. The van der Waals surface area contributed by atoms with Crippen LogP contribution >= 0.6 is 0 Å². The summed E-state index contributed by atoms with van der Waals surface area (Å²) in [6.45, 7) is 1.52. The summed E-state index contributed by atoms with van der Waals surface area (Å²) in [4.78, 5) is 12.4. The third kappa shape index (κ3) is 3.05. The summed E-state index contributed by atoms with van der Waals surface area (Å²) in [7, 11) is 1.64. The normalized spacial score (nSPS) is 33.4. The lowest BCUT2D eigenvalue weighted by molar-refractivity contribution is -0.135. The SMILES string of the molecule is COc1ccc(-c2cc(C3OC(C45CC6CC(CC(C6)C4)C5)=NN3C(C)=O)no2)cc1. The maximum Gasteiger partial charge on any atom is 0.243 e. The van der Waals surface area contributed by atoms with E-state index in [0.717, 1.165) is 54.2 Å². The number of aromatic nitrogens is 1. The summed E-state index contributed by atoms with van der Waals surface area (Å²) < 4.78 is 17.2. The molecule has 4 bridgehead atoms. The van der Waals surface area contributed by atoms with Gasteiger partial charge in [-0.25, -0.2) is 0 Å². The van der Waals surface area contributed by atoms with Crippen molar-refractivity contribution in [3.05, 3.63) is 36.0 Å². The Morgan fingerprint density at radius 1 is 1.10 bits per heavy atom. The number of methoxy groups -OCH3 is 1. The van der Waals surface area contributed by atoms with Crippen molar-refractivity contribution in [3.8, 4) is 17.1 Å². The molecule has 1 aromatic carbocycles. The smallest absolute Gasteiger partial charge is 0.243 e. The molecule has 1 aliphatic heterocycles. The molecule has 4 saturated carbocycles. The molecule has 4 aliphatic carbocycles. The zero-order valence-electron chi connectivity index (χ0n) is 17.9. The molecule has 1 unspecified atom stereocenters. The largest absolute Gasteiger partial charge is 0.497 e. The first kappa shape index (κ1) is 18.9. The Morgan fingerprint density at radius 2 is 1.74 bits per heavy atom. The molecule has 2 aromatic rings. The molecule has 1 amide bonds. The number of rotatable bonds is 4. The first-order chi connectivity index (χ1) is 15.0. The minimum Gasteiger partial charge on any atom is -0.497 e. The van der Waals surface area contributed by atoms with E-state index in [-0.39, 0.29) is 11.3 Å². The average molecular weight is 421 g/mol. The van der Waals surface area contributed by atoms with Crippen molar-refractivity contribution >= 4 is 11.8 Å². The molecular formula is C24H27N3O4. The standard InChI is InChI=1S/C24H27N3O4/c1-14(28)27-22(20-10-21(31-26-20)18-3-5-19(29-2)6-4-18)30-23(25-27)24-11-15-7-16(12-24)9-17(8-15)13-24/h3-6,10,15-17,22H,7-9,11-13H2,1-2H3. The van der Waals surface area contributed by atoms with Crippen molar-refractivity contribution in [1.82, 2.24) is 10.2 Å². The van der Waals surface area contributed by atoms with E-state index in [4.69, 9.17) is 19.1 Å². The number of nitrogens with zero attached hydrogens (tertiary/aromatic N) is 3. The Balaban J connectivity index is 1.28. The molecule has 1 aromatic heterocycles. The predicted octanol–water partition coefficient (Wildman–Crippen LogP) is 4.76. The molecule has 1 atom stereocenters. The highest BCUT2D eigenvalue weighted by atomic mass is 16.5. The number of hydrogen-bond donors (Lipinski definition) is 0. The maximum atomic E-state index is 12.4. The second kappa shape index (κ2) is 6.84. The van der Waals surface area contributed by atoms with Crippen LogP contribution in [0.15, 0.2) is 40.0 Å². The van der Waals surface area contributed by atoms with Gasteiger partial charge in [-0.2, -0.15) is 5.01 Å². The zero-order valence-corrected chi connectivity index (χ0v) is 17.9. The Bertz CT molecular complexity index is 1010. The van der Waals surface area contributed by atoms with Crippen molar-refractivity contribution in [2.75, 3.05) is 7.11 Å². The van der Waals surface area contributed by atoms with Crippen molar-refractivity contribution in [3.63, 3.8) is 0 Å². The topological polar surface area (TPSA) is 77.2 Å². The van der Waals surface area contributed by atoms with Crippen LogP contribution in [0.5, 0.6) is 5.75 Å². The van der Waals surface area contributed by atoms with Gasteiger partial charge in [-0.15, -0.1) is 5.10 Å². The van der Waals surface area contributed by atoms with Gasteiger partial charge >= 0.3 is 0 Å². The Labute approximate surface area is 181 Å². The van der Waals surface area contributed by atoms with Gasteiger partial charge in [0.15, 0.2) is 5.76 Å².